The fourth-order valence-electron chi connectivity index (χ4n) is 1.86. The zero-order valence-corrected chi connectivity index (χ0v) is 14.9. The average Bonchev–Trinajstić information content (AvgIpc) is 2.53. The summed E-state index contributed by atoms with van der Waals surface area (Å²) in [4.78, 5) is 0. The largest absolute Gasteiger partial charge is 0.130 e. The molecule has 0 bridgehead atoms. The topological polar surface area (TPSA) is 0 Å². The molecule has 2 aromatic carbocycles. The van der Waals surface area contributed by atoms with Crippen LogP contribution >= 0.6 is 0 Å². The van der Waals surface area contributed by atoms with Crippen molar-refractivity contribution >= 4 is 8.07 Å². The fourth-order valence-corrected chi connectivity index (χ4v) is 2.30. The van der Waals surface area contributed by atoms with Crippen molar-refractivity contribution in [2.75, 3.05) is 0 Å². The van der Waals surface area contributed by atoms with Crippen LogP contribution < -0.4 is 0 Å². The van der Waals surface area contributed by atoms with Crippen LogP contribution in [0.25, 0.3) is 0 Å². The molecule has 0 N–H and O–H groups in total. The minimum absolute atomic E-state index is 0.681. The number of hydrogen-bond donors (Lipinski definition) is 0. The van der Waals surface area contributed by atoms with E-state index in [4.69, 9.17) is 0 Å². The molecular formula is C22H20Si. The van der Waals surface area contributed by atoms with Crippen LogP contribution in [0.2, 0.25) is 19.6 Å². The highest BCUT2D eigenvalue weighted by molar-refractivity contribution is 6.83. The molecule has 2 rings (SSSR count). The summed E-state index contributed by atoms with van der Waals surface area (Å²) in [6.45, 7) is 6.66. The van der Waals surface area contributed by atoms with Crippen LogP contribution in [-0.2, 0) is 6.42 Å². The predicted octanol–water partition coefficient (Wildman–Crippen LogP) is 4.51. The summed E-state index contributed by atoms with van der Waals surface area (Å²) in [6.07, 6.45) is 0.681. The molecule has 0 radical (unpaired) electrons. The van der Waals surface area contributed by atoms with E-state index >= 15 is 0 Å². The van der Waals surface area contributed by atoms with Crippen LogP contribution in [0, 0.1) is 35.1 Å². The van der Waals surface area contributed by atoms with Crippen LogP contribution in [0.3, 0.4) is 0 Å². The van der Waals surface area contributed by atoms with Gasteiger partial charge in [0.1, 0.15) is 8.07 Å². The lowest BCUT2D eigenvalue weighted by atomic mass is 10.0. The van der Waals surface area contributed by atoms with Gasteiger partial charge in [0.05, 0.1) is 0 Å². The lowest BCUT2D eigenvalue weighted by Crippen LogP contribution is -2.16. The third-order valence-corrected chi connectivity index (χ3v) is 3.87. The summed E-state index contributed by atoms with van der Waals surface area (Å²) >= 11 is 0. The van der Waals surface area contributed by atoms with Gasteiger partial charge in [-0.25, -0.2) is 0 Å². The van der Waals surface area contributed by atoms with Crippen molar-refractivity contribution in [1.29, 1.82) is 0 Å². The standard InChI is InChI=1S/C22H20Si/c1-23(2,3)19-11-5-8-14-21-15-9-10-16-22(21)18-17-20-12-6-4-7-13-20/h4,6-7,9-10,12-13,15-16H,14H2,1-3H3. The maximum Gasteiger partial charge on any atom is 0.130 e. The molecule has 0 nitrogen and oxygen atoms in total. The van der Waals surface area contributed by atoms with Crippen molar-refractivity contribution in [1.82, 2.24) is 0 Å². The van der Waals surface area contributed by atoms with Gasteiger partial charge >= 0.3 is 0 Å². The molecule has 0 spiro atoms. The Hall–Kier alpha value is -2.66. The highest BCUT2D eigenvalue weighted by Gasteiger charge is 2.06. The third-order valence-electron chi connectivity index (χ3n) is 3.00. The Kier molecular flexibility index (Phi) is 5.88. The molecular weight excluding hydrogens is 292 g/mol. The monoisotopic (exact) mass is 312 g/mol. The highest BCUT2D eigenvalue weighted by atomic mass is 28.3. The normalized spacial score (nSPS) is 9.52. The van der Waals surface area contributed by atoms with E-state index in [1.54, 1.807) is 0 Å². The maximum absolute atomic E-state index is 3.26. The molecule has 0 saturated heterocycles. The first kappa shape index (κ1) is 16.7. The third kappa shape index (κ3) is 6.32. The number of hydrogen-bond acceptors (Lipinski definition) is 0. The maximum atomic E-state index is 3.26. The highest BCUT2D eigenvalue weighted by Crippen LogP contribution is 2.08. The fraction of sp³-hybridized carbons (Fsp3) is 0.182. The van der Waals surface area contributed by atoms with E-state index in [1.807, 2.05) is 48.5 Å². The molecule has 0 amide bonds. The Morgan fingerprint density at radius 3 is 2.22 bits per heavy atom. The summed E-state index contributed by atoms with van der Waals surface area (Å²) in [5.41, 5.74) is 6.46. The molecule has 0 unspecified atom stereocenters. The first-order valence-electron chi connectivity index (χ1n) is 7.70. The zero-order chi connectivity index (χ0) is 16.5. The molecule has 0 saturated carbocycles. The molecule has 0 aliphatic heterocycles. The van der Waals surface area contributed by atoms with Crippen molar-refractivity contribution in [3.63, 3.8) is 0 Å². The summed E-state index contributed by atoms with van der Waals surface area (Å²) in [5.74, 6) is 15.5. The minimum atomic E-state index is -1.33. The van der Waals surface area contributed by atoms with Crippen LogP contribution in [-0.4, -0.2) is 8.07 Å². The van der Waals surface area contributed by atoms with Gasteiger partial charge in [0.25, 0.3) is 0 Å². The van der Waals surface area contributed by atoms with E-state index in [9.17, 15) is 0 Å². The van der Waals surface area contributed by atoms with Crippen molar-refractivity contribution in [3.05, 3.63) is 71.3 Å². The van der Waals surface area contributed by atoms with E-state index in [-0.39, 0.29) is 0 Å². The molecule has 1 heteroatoms. The molecule has 0 heterocycles. The van der Waals surface area contributed by atoms with Gasteiger partial charge in [-0.2, -0.15) is 0 Å². The Morgan fingerprint density at radius 2 is 1.48 bits per heavy atom. The van der Waals surface area contributed by atoms with Crippen molar-refractivity contribution in [3.8, 4) is 35.1 Å². The second-order valence-electron chi connectivity index (χ2n) is 6.25. The second kappa shape index (κ2) is 8.10. The van der Waals surface area contributed by atoms with Gasteiger partial charge in [-0.3, -0.25) is 0 Å². The van der Waals surface area contributed by atoms with E-state index in [2.05, 4.69) is 60.9 Å². The van der Waals surface area contributed by atoms with Crippen LogP contribution in [0.1, 0.15) is 16.7 Å². The first-order valence-corrected chi connectivity index (χ1v) is 11.2. The summed E-state index contributed by atoms with van der Waals surface area (Å²) in [6, 6.07) is 18.2. The van der Waals surface area contributed by atoms with Gasteiger partial charge in [0, 0.05) is 17.5 Å². The van der Waals surface area contributed by atoms with Gasteiger partial charge in [-0.15, -0.1) is 5.54 Å². The van der Waals surface area contributed by atoms with E-state index in [0.29, 0.717) is 6.42 Å². The molecule has 2 aromatic rings. The summed E-state index contributed by atoms with van der Waals surface area (Å²) in [7, 11) is -1.33. The van der Waals surface area contributed by atoms with Gasteiger partial charge in [0.15, 0.2) is 0 Å². The van der Waals surface area contributed by atoms with E-state index in [1.165, 1.54) is 0 Å². The Bertz CT molecular complexity index is 836. The first-order chi connectivity index (χ1) is 11.0. The molecule has 0 aliphatic carbocycles. The molecule has 0 aromatic heterocycles. The molecule has 0 fully saturated rings. The van der Waals surface area contributed by atoms with Crippen LogP contribution in [0.5, 0.6) is 0 Å². The van der Waals surface area contributed by atoms with Gasteiger partial charge < -0.3 is 0 Å². The molecule has 0 atom stereocenters. The van der Waals surface area contributed by atoms with Crippen molar-refractivity contribution in [2.45, 2.75) is 26.1 Å². The minimum Gasteiger partial charge on any atom is -0.118 e. The predicted molar refractivity (Wildman–Crippen MR) is 101 cm³/mol. The molecule has 23 heavy (non-hydrogen) atoms. The summed E-state index contributed by atoms with van der Waals surface area (Å²) < 4.78 is 0. The number of benzene rings is 2. The van der Waals surface area contributed by atoms with Gasteiger partial charge in [0.2, 0.25) is 0 Å². The second-order valence-corrected chi connectivity index (χ2v) is 11.0. The van der Waals surface area contributed by atoms with Crippen LogP contribution in [0.15, 0.2) is 54.6 Å². The zero-order valence-electron chi connectivity index (χ0n) is 13.9. The SMILES string of the molecule is C[Si](C)(C)C#CC#CCc1ccccc1C#Cc1ccccc1. The Morgan fingerprint density at radius 1 is 0.783 bits per heavy atom. The van der Waals surface area contributed by atoms with Crippen LogP contribution in [0.4, 0.5) is 0 Å². The van der Waals surface area contributed by atoms with Gasteiger partial charge in [-0.05, 0) is 35.6 Å². The van der Waals surface area contributed by atoms with E-state index in [0.717, 1.165) is 16.7 Å². The smallest absolute Gasteiger partial charge is 0.118 e. The van der Waals surface area contributed by atoms with Crippen molar-refractivity contribution < 1.29 is 0 Å². The summed E-state index contributed by atoms with van der Waals surface area (Å²) in [5, 5.41) is 0. The lowest BCUT2D eigenvalue weighted by molar-refractivity contribution is 1.30. The Labute approximate surface area is 141 Å². The van der Waals surface area contributed by atoms with E-state index < -0.39 is 8.07 Å². The van der Waals surface area contributed by atoms with Crippen molar-refractivity contribution in [2.24, 2.45) is 0 Å². The lowest BCUT2D eigenvalue weighted by Gasteiger charge is -2.01. The quantitative estimate of drug-likeness (QED) is 0.537. The molecule has 0 aliphatic rings. The average molecular weight is 312 g/mol. The Balaban J connectivity index is 2.14. The van der Waals surface area contributed by atoms with Gasteiger partial charge in [-0.1, -0.05) is 73.8 Å². The molecule has 112 valence electrons. The number of rotatable bonds is 1.